The molecule has 0 amide bonds. The maximum absolute atomic E-state index is 12.2. The first kappa shape index (κ1) is 17.6. The highest BCUT2D eigenvalue weighted by atomic mass is 32.2. The summed E-state index contributed by atoms with van der Waals surface area (Å²) in [4.78, 5) is 22.0. The minimum atomic E-state index is -1.29. The van der Waals surface area contributed by atoms with Crippen LogP contribution in [0.5, 0.6) is 0 Å². The van der Waals surface area contributed by atoms with Gasteiger partial charge in [-0.2, -0.15) is 0 Å². The second-order valence-corrected chi connectivity index (χ2v) is 8.03. The Morgan fingerprint density at radius 2 is 1.95 bits per heavy atom. The molecule has 2 fully saturated rings. The molecule has 126 valence electrons. The number of carboxylic acids is 1. The van der Waals surface area contributed by atoms with E-state index < -0.39 is 23.2 Å². The van der Waals surface area contributed by atoms with Crippen LogP contribution in [0, 0.1) is 11.3 Å². The molecule has 0 spiro atoms. The van der Waals surface area contributed by atoms with E-state index >= 15 is 0 Å². The predicted octanol–water partition coefficient (Wildman–Crippen LogP) is 3.42. The van der Waals surface area contributed by atoms with Crippen LogP contribution < -0.4 is 0 Å². The molecule has 2 atom stereocenters. The third-order valence-corrected chi connectivity index (χ3v) is 6.16. The smallest absolute Gasteiger partial charge is 0.347 e. The number of carbonyl (C=O) groups is 2. The molecule has 0 aromatic heterocycles. The van der Waals surface area contributed by atoms with Crippen molar-refractivity contribution in [2.45, 2.75) is 70.5 Å². The van der Waals surface area contributed by atoms with Crippen molar-refractivity contribution in [3.63, 3.8) is 0 Å². The molecule has 1 N–H and O–H groups in total. The van der Waals surface area contributed by atoms with E-state index in [0.29, 0.717) is 11.7 Å². The quantitative estimate of drug-likeness (QED) is 0.779. The summed E-state index contributed by atoms with van der Waals surface area (Å²) in [6.07, 6.45) is 4.99. The fourth-order valence-corrected chi connectivity index (χ4v) is 5.38. The molecule has 0 aromatic rings. The highest BCUT2D eigenvalue weighted by Crippen LogP contribution is 2.58. The maximum atomic E-state index is 12.2. The highest BCUT2D eigenvalue weighted by molar-refractivity contribution is 8.01. The van der Waals surface area contributed by atoms with E-state index in [4.69, 9.17) is 9.47 Å². The van der Waals surface area contributed by atoms with Crippen molar-refractivity contribution in [2.24, 2.45) is 11.3 Å². The van der Waals surface area contributed by atoms with Crippen LogP contribution in [0.15, 0.2) is 0 Å². The summed E-state index contributed by atoms with van der Waals surface area (Å²) in [6, 6.07) is 0. The van der Waals surface area contributed by atoms with E-state index in [1.807, 2.05) is 0 Å². The van der Waals surface area contributed by atoms with E-state index in [1.54, 1.807) is 0 Å². The van der Waals surface area contributed by atoms with Crippen LogP contribution in [0.2, 0.25) is 0 Å². The van der Waals surface area contributed by atoms with Gasteiger partial charge in [-0.3, -0.25) is 4.79 Å². The summed E-state index contributed by atoms with van der Waals surface area (Å²) in [5, 5.41) is 9.96. The average Bonchev–Trinajstić information content (AvgIpc) is 2.84. The van der Waals surface area contributed by atoms with Gasteiger partial charge < -0.3 is 14.6 Å². The van der Waals surface area contributed by atoms with Gasteiger partial charge in [-0.05, 0) is 25.2 Å². The van der Waals surface area contributed by atoms with Crippen molar-refractivity contribution >= 4 is 23.7 Å². The highest BCUT2D eigenvalue weighted by Gasteiger charge is 2.62. The van der Waals surface area contributed by atoms with Crippen LogP contribution in [0.4, 0.5) is 0 Å². The molecule has 2 aliphatic rings. The van der Waals surface area contributed by atoms with Gasteiger partial charge in [0.05, 0.1) is 5.75 Å². The van der Waals surface area contributed by atoms with Crippen molar-refractivity contribution in [3.8, 4) is 0 Å². The molecule has 2 rings (SSSR count). The van der Waals surface area contributed by atoms with Gasteiger partial charge in [0.1, 0.15) is 0 Å². The van der Waals surface area contributed by atoms with Crippen molar-refractivity contribution in [1.29, 1.82) is 0 Å². The molecule has 1 heterocycles. The Balaban J connectivity index is 2.31. The van der Waals surface area contributed by atoms with Crippen LogP contribution in [-0.4, -0.2) is 34.0 Å². The molecule has 6 heteroatoms. The second kappa shape index (κ2) is 6.79. The van der Waals surface area contributed by atoms with Crippen molar-refractivity contribution < 1.29 is 24.2 Å². The van der Waals surface area contributed by atoms with E-state index in [1.165, 1.54) is 18.7 Å². The lowest BCUT2D eigenvalue weighted by Crippen LogP contribution is -2.54. The number of hydrogen-bond donors (Lipinski definition) is 1. The van der Waals surface area contributed by atoms with Gasteiger partial charge in [-0.1, -0.05) is 33.1 Å². The topological polar surface area (TPSA) is 72.8 Å². The summed E-state index contributed by atoms with van der Waals surface area (Å²) in [5.74, 6) is -0.597. The standard InChI is InChI=1S/C16H26O5S/c1-11(2)9-15(7-5-4-6-8-15)16(14(18)19)21-13(10-22-16)20-12(3)17/h11,13H,4-10H2,1-3H3,(H,18,19)/t13-,16-/m0/s1. The molecule has 0 unspecified atom stereocenters. The number of aliphatic carboxylic acids is 1. The number of carbonyl (C=O) groups excluding carboxylic acids is 1. The Labute approximate surface area is 136 Å². The van der Waals surface area contributed by atoms with Crippen LogP contribution >= 0.6 is 11.8 Å². The number of ether oxygens (including phenoxy) is 2. The summed E-state index contributed by atoms with van der Waals surface area (Å²) >= 11 is 1.30. The molecule has 1 aliphatic carbocycles. The fraction of sp³-hybridized carbons (Fsp3) is 0.875. The lowest BCUT2D eigenvalue weighted by molar-refractivity contribution is -0.213. The van der Waals surface area contributed by atoms with E-state index in [9.17, 15) is 14.7 Å². The van der Waals surface area contributed by atoms with Gasteiger partial charge in [0.15, 0.2) is 0 Å². The fourth-order valence-electron chi connectivity index (χ4n) is 3.98. The predicted molar refractivity (Wildman–Crippen MR) is 84.4 cm³/mol. The van der Waals surface area contributed by atoms with Crippen LogP contribution in [0.25, 0.3) is 0 Å². The third kappa shape index (κ3) is 3.27. The Morgan fingerprint density at radius 3 is 2.45 bits per heavy atom. The van der Waals surface area contributed by atoms with E-state index in [-0.39, 0.29) is 5.41 Å². The zero-order valence-electron chi connectivity index (χ0n) is 13.6. The number of thioether (sulfide) groups is 1. The van der Waals surface area contributed by atoms with Crippen molar-refractivity contribution in [2.75, 3.05) is 5.75 Å². The molecule has 0 bridgehead atoms. The van der Waals surface area contributed by atoms with Gasteiger partial charge in [-0.15, -0.1) is 11.8 Å². The van der Waals surface area contributed by atoms with Crippen molar-refractivity contribution in [3.05, 3.63) is 0 Å². The molecule has 22 heavy (non-hydrogen) atoms. The molecule has 0 aromatic carbocycles. The van der Waals surface area contributed by atoms with Gasteiger partial charge in [0, 0.05) is 12.3 Å². The number of carboxylic acid groups (broad SMARTS) is 1. The molecule has 0 radical (unpaired) electrons. The van der Waals surface area contributed by atoms with Crippen LogP contribution in [0.1, 0.15) is 59.3 Å². The van der Waals surface area contributed by atoms with E-state index in [2.05, 4.69) is 13.8 Å². The number of esters is 1. The first-order valence-electron chi connectivity index (χ1n) is 8.04. The Kier molecular flexibility index (Phi) is 5.43. The Morgan fingerprint density at radius 1 is 1.32 bits per heavy atom. The Hall–Kier alpha value is -0.750. The summed E-state index contributed by atoms with van der Waals surface area (Å²) in [5.41, 5.74) is -0.384. The first-order valence-corrected chi connectivity index (χ1v) is 9.02. The minimum Gasteiger partial charge on any atom is -0.478 e. The van der Waals surface area contributed by atoms with Crippen LogP contribution in [0.3, 0.4) is 0 Å². The molecule has 5 nitrogen and oxygen atoms in total. The number of hydrogen-bond acceptors (Lipinski definition) is 5. The maximum Gasteiger partial charge on any atom is 0.347 e. The zero-order chi connectivity index (χ0) is 16.4. The summed E-state index contributed by atoms with van der Waals surface area (Å²) < 4.78 is 11.0. The summed E-state index contributed by atoms with van der Waals surface area (Å²) in [6.45, 7) is 5.56. The normalized spacial score (nSPS) is 31.2. The average molecular weight is 330 g/mol. The van der Waals surface area contributed by atoms with E-state index in [0.717, 1.165) is 38.5 Å². The van der Waals surface area contributed by atoms with Gasteiger partial charge in [0.25, 0.3) is 0 Å². The molecular formula is C16H26O5S. The van der Waals surface area contributed by atoms with Gasteiger partial charge >= 0.3 is 11.9 Å². The molecule has 1 saturated heterocycles. The molecule has 1 aliphatic heterocycles. The monoisotopic (exact) mass is 330 g/mol. The first-order chi connectivity index (χ1) is 10.3. The van der Waals surface area contributed by atoms with Crippen molar-refractivity contribution in [1.82, 2.24) is 0 Å². The number of rotatable bonds is 5. The third-order valence-electron chi connectivity index (χ3n) is 4.61. The molecule has 1 saturated carbocycles. The molecular weight excluding hydrogens is 304 g/mol. The minimum absolute atomic E-state index is 0.381. The lowest BCUT2D eigenvalue weighted by Gasteiger charge is -2.48. The lowest BCUT2D eigenvalue weighted by atomic mass is 9.65. The SMILES string of the molecule is CC(=O)O[C@@H]1CS[C@@](C(=O)O)(C2(CC(C)C)CCCCC2)O1. The van der Waals surface area contributed by atoms with Gasteiger partial charge in [-0.25, -0.2) is 4.79 Å². The summed E-state index contributed by atoms with van der Waals surface area (Å²) in [7, 11) is 0. The van der Waals surface area contributed by atoms with Gasteiger partial charge in [0.2, 0.25) is 11.2 Å². The second-order valence-electron chi connectivity index (χ2n) is 6.83. The van der Waals surface area contributed by atoms with Crippen LogP contribution in [-0.2, 0) is 19.1 Å². The zero-order valence-corrected chi connectivity index (χ0v) is 14.4. The Bertz CT molecular complexity index is 430. The largest absolute Gasteiger partial charge is 0.478 e.